The molecule has 0 aliphatic rings. The third kappa shape index (κ3) is 3.18. The largest absolute Gasteiger partial charge is 0.292 e. The molecule has 33 heavy (non-hydrogen) atoms. The Hall–Kier alpha value is -4.03. The SMILES string of the molecule is Cc1nc2c(c(=O)n1Cc1ccccc1)c1nc3ccccc3nc1n2-c1cccc(Cl)c1. The first kappa shape index (κ1) is 19.6. The Kier molecular flexibility index (Phi) is 4.48. The Balaban J connectivity index is 1.75. The van der Waals surface area contributed by atoms with Crippen molar-refractivity contribution in [2.24, 2.45) is 0 Å². The summed E-state index contributed by atoms with van der Waals surface area (Å²) in [7, 11) is 0. The van der Waals surface area contributed by atoms with Crippen molar-refractivity contribution in [3.05, 3.63) is 106 Å². The third-order valence-corrected chi connectivity index (χ3v) is 6.04. The molecule has 0 radical (unpaired) electrons. The van der Waals surface area contributed by atoms with E-state index in [0.717, 1.165) is 22.3 Å². The zero-order chi connectivity index (χ0) is 22.5. The second kappa shape index (κ2) is 7.53. The van der Waals surface area contributed by atoms with Crippen molar-refractivity contribution in [1.29, 1.82) is 0 Å². The van der Waals surface area contributed by atoms with E-state index < -0.39 is 0 Å². The van der Waals surface area contributed by atoms with Gasteiger partial charge < -0.3 is 0 Å². The highest BCUT2D eigenvalue weighted by molar-refractivity contribution is 6.30. The summed E-state index contributed by atoms with van der Waals surface area (Å²) in [5.41, 5.74) is 4.77. The number of halogens is 1. The minimum absolute atomic E-state index is 0.142. The van der Waals surface area contributed by atoms with E-state index in [-0.39, 0.29) is 5.56 Å². The van der Waals surface area contributed by atoms with Crippen molar-refractivity contribution < 1.29 is 0 Å². The fourth-order valence-electron chi connectivity index (χ4n) is 4.24. The number of para-hydroxylation sites is 2. The summed E-state index contributed by atoms with van der Waals surface area (Å²) in [5.74, 6) is 0.618. The lowest BCUT2D eigenvalue weighted by molar-refractivity contribution is 0.711. The molecule has 3 aromatic carbocycles. The zero-order valence-electron chi connectivity index (χ0n) is 17.7. The first-order valence-electron chi connectivity index (χ1n) is 10.6. The average molecular weight is 452 g/mol. The second-order valence-corrected chi connectivity index (χ2v) is 8.37. The number of aryl methyl sites for hydroxylation is 1. The maximum atomic E-state index is 13.8. The first-order valence-corrected chi connectivity index (χ1v) is 11.0. The average Bonchev–Trinajstić information content (AvgIpc) is 3.13. The van der Waals surface area contributed by atoms with Gasteiger partial charge in [-0.2, -0.15) is 0 Å². The normalized spacial score (nSPS) is 11.6. The summed E-state index contributed by atoms with van der Waals surface area (Å²) >= 11 is 6.30. The molecule has 3 heterocycles. The molecule has 0 aliphatic heterocycles. The van der Waals surface area contributed by atoms with Crippen molar-refractivity contribution in [1.82, 2.24) is 24.1 Å². The smallest absolute Gasteiger partial charge is 0.265 e. The van der Waals surface area contributed by atoms with Crippen LogP contribution in [0.1, 0.15) is 11.4 Å². The molecule has 0 fully saturated rings. The number of fused-ring (bicyclic) bond motifs is 4. The minimum Gasteiger partial charge on any atom is -0.292 e. The molecule has 6 nitrogen and oxygen atoms in total. The third-order valence-electron chi connectivity index (χ3n) is 5.80. The highest BCUT2D eigenvalue weighted by Gasteiger charge is 2.22. The summed E-state index contributed by atoms with van der Waals surface area (Å²) in [6, 6.07) is 25.0. The number of benzene rings is 3. The van der Waals surface area contributed by atoms with Crippen LogP contribution in [0.4, 0.5) is 0 Å². The number of aromatic nitrogens is 5. The fourth-order valence-corrected chi connectivity index (χ4v) is 4.43. The van der Waals surface area contributed by atoms with Gasteiger partial charge in [-0.25, -0.2) is 15.0 Å². The fraction of sp³-hybridized carbons (Fsp3) is 0.0769. The van der Waals surface area contributed by atoms with Gasteiger partial charge in [0.15, 0.2) is 11.3 Å². The van der Waals surface area contributed by atoms with Gasteiger partial charge in [0, 0.05) is 5.02 Å². The van der Waals surface area contributed by atoms with Crippen molar-refractivity contribution in [3.63, 3.8) is 0 Å². The maximum Gasteiger partial charge on any atom is 0.265 e. The van der Waals surface area contributed by atoms with Crippen LogP contribution in [-0.2, 0) is 6.54 Å². The summed E-state index contributed by atoms with van der Waals surface area (Å²) in [6.07, 6.45) is 0. The van der Waals surface area contributed by atoms with Crippen LogP contribution in [0, 0.1) is 6.92 Å². The van der Waals surface area contributed by atoms with Gasteiger partial charge in [0.05, 0.1) is 23.3 Å². The van der Waals surface area contributed by atoms with Crippen molar-refractivity contribution in [2.45, 2.75) is 13.5 Å². The molecular formula is C26H18ClN5O. The molecule has 0 atom stereocenters. The van der Waals surface area contributed by atoms with E-state index in [1.807, 2.05) is 90.4 Å². The molecule has 7 heteroatoms. The minimum atomic E-state index is -0.142. The number of rotatable bonds is 3. The first-order chi connectivity index (χ1) is 16.1. The molecule has 160 valence electrons. The highest BCUT2D eigenvalue weighted by atomic mass is 35.5. The molecule has 0 aliphatic carbocycles. The molecule has 6 rings (SSSR count). The molecule has 0 bridgehead atoms. The van der Waals surface area contributed by atoms with Gasteiger partial charge in [0.25, 0.3) is 5.56 Å². The lowest BCUT2D eigenvalue weighted by atomic mass is 10.2. The van der Waals surface area contributed by atoms with Gasteiger partial charge >= 0.3 is 0 Å². The van der Waals surface area contributed by atoms with Crippen LogP contribution in [0.25, 0.3) is 38.9 Å². The molecule has 0 unspecified atom stereocenters. The molecular weight excluding hydrogens is 434 g/mol. The predicted octanol–water partition coefficient (Wildman–Crippen LogP) is 5.29. The number of hydrogen-bond donors (Lipinski definition) is 0. The van der Waals surface area contributed by atoms with Gasteiger partial charge in [-0.15, -0.1) is 0 Å². The predicted molar refractivity (Wildman–Crippen MR) is 131 cm³/mol. The topological polar surface area (TPSA) is 65.6 Å². The van der Waals surface area contributed by atoms with Gasteiger partial charge in [0.2, 0.25) is 0 Å². The molecule has 6 aromatic rings. The summed E-state index contributed by atoms with van der Waals surface area (Å²) in [5, 5.41) is 1.04. The molecule has 0 N–H and O–H groups in total. The van der Waals surface area contributed by atoms with Crippen LogP contribution >= 0.6 is 11.6 Å². The van der Waals surface area contributed by atoms with Crippen LogP contribution in [0.2, 0.25) is 5.02 Å². The Labute approximate surface area is 193 Å². The Bertz CT molecular complexity index is 1740. The highest BCUT2D eigenvalue weighted by Crippen LogP contribution is 2.29. The van der Waals surface area contributed by atoms with E-state index in [9.17, 15) is 4.79 Å². The molecule has 3 aromatic heterocycles. The van der Waals surface area contributed by atoms with Crippen LogP contribution < -0.4 is 5.56 Å². The quantitative estimate of drug-likeness (QED) is 0.366. The van der Waals surface area contributed by atoms with E-state index in [0.29, 0.717) is 39.6 Å². The Morgan fingerprint density at radius 1 is 0.818 bits per heavy atom. The van der Waals surface area contributed by atoms with Crippen molar-refractivity contribution in [2.75, 3.05) is 0 Å². The van der Waals surface area contributed by atoms with E-state index in [1.54, 1.807) is 4.57 Å². The van der Waals surface area contributed by atoms with E-state index >= 15 is 0 Å². The van der Waals surface area contributed by atoms with Gasteiger partial charge in [-0.1, -0.05) is 60.1 Å². The van der Waals surface area contributed by atoms with E-state index in [4.69, 9.17) is 26.6 Å². The van der Waals surface area contributed by atoms with Gasteiger partial charge in [-0.05, 0) is 42.8 Å². The van der Waals surface area contributed by atoms with E-state index in [1.165, 1.54) is 0 Å². The zero-order valence-corrected chi connectivity index (χ0v) is 18.5. The number of hydrogen-bond acceptors (Lipinski definition) is 4. The van der Waals surface area contributed by atoms with Gasteiger partial charge in [0.1, 0.15) is 16.7 Å². The molecule has 0 saturated carbocycles. The lowest BCUT2D eigenvalue weighted by Gasteiger charge is -2.11. The van der Waals surface area contributed by atoms with E-state index in [2.05, 4.69) is 0 Å². The summed E-state index contributed by atoms with van der Waals surface area (Å²) in [4.78, 5) is 28.4. The standard InChI is InChI=1S/C26H18ClN5O/c1-16-28-24-22(26(33)31(16)15-17-8-3-2-4-9-17)23-25(30-21-13-6-5-12-20(21)29-23)32(24)19-11-7-10-18(27)14-19/h2-14H,15H2,1H3. The molecule has 0 saturated heterocycles. The van der Waals surface area contributed by atoms with Crippen LogP contribution in [-0.4, -0.2) is 24.1 Å². The van der Waals surface area contributed by atoms with Gasteiger partial charge in [-0.3, -0.25) is 13.9 Å². The Morgan fingerprint density at radius 2 is 1.55 bits per heavy atom. The monoisotopic (exact) mass is 451 g/mol. The summed E-state index contributed by atoms with van der Waals surface area (Å²) < 4.78 is 3.56. The lowest BCUT2D eigenvalue weighted by Crippen LogP contribution is -2.24. The summed E-state index contributed by atoms with van der Waals surface area (Å²) in [6.45, 7) is 2.28. The Morgan fingerprint density at radius 3 is 2.30 bits per heavy atom. The molecule has 0 amide bonds. The second-order valence-electron chi connectivity index (χ2n) is 7.93. The maximum absolute atomic E-state index is 13.8. The van der Waals surface area contributed by atoms with Crippen molar-refractivity contribution in [3.8, 4) is 5.69 Å². The van der Waals surface area contributed by atoms with Crippen LogP contribution in [0.15, 0.2) is 83.7 Å². The van der Waals surface area contributed by atoms with Crippen LogP contribution in [0.3, 0.4) is 0 Å². The van der Waals surface area contributed by atoms with Crippen molar-refractivity contribution >= 4 is 44.8 Å². The molecule has 0 spiro atoms. The van der Waals surface area contributed by atoms with Crippen LogP contribution in [0.5, 0.6) is 0 Å². The number of nitrogens with zero attached hydrogens (tertiary/aromatic N) is 5.